The molecule has 2 rings (SSSR count). The van der Waals surface area contributed by atoms with Crippen molar-refractivity contribution in [3.63, 3.8) is 0 Å². The summed E-state index contributed by atoms with van der Waals surface area (Å²) in [5, 5.41) is 1.37. The van der Waals surface area contributed by atoms with Crippen LogP contribution in [-0.2, 0) is 0 Å². The lowest BCUT2D eigenvalue weighted by atomic mass is 10.0. The van der Waals surface area contributed by atoms with Crippen molar-refractivity contribution in [1.29, 1.82) is 0 Å². The van der Waals surface area contributed by atoms with E-state index in [1.165, 1.54) is 16.5 Å². The number of nitrogens with zero attached hydrogens (tertiary/aromatic N) is 1. The van der Waals surface area contributed by atoms with Crippen LogP contribution >= 0.6 is 0 Å². The maximum Gasteiger partial charge on any atom is 0.0457 e. The Kier molecular flexibility index (Phi) is 3.85. The monoisotopic (exact) mass is 230 g/mol. The maximum absolute atomic E-state index is 3.38. The molecular weight excluding hydrogens is 208 g/mol. The predicted octanol–water partition coefficient (Wildman–Crippen LogP) is 3.96. The Morgan fingerprint density at radius 2 is 1.82 bits per heavy atom. The van der Waals surface area contributed by atoms with Crippen molar-refractivity contribution in [3.8, 4) is 0 Å². The van der Waals surface area contributed by atoms with Crippen LogP contribution in [0.5, 0.6) is 0 Å². The maximum atomic E-state index is 3.38. The second-order valence-electron chi connectivity index (χ2n) is 4.43. The van der Waals surface area contributed by atoms with Crippen LogP contribution in [0.3, 0.4) is 0 Å². The number of fused-ring (bicyclic) bond motifs is 1. The van der Waals surface area contributed by atoms with Gasteiger partial charge in [0.1, 0.15) is 0 Å². The molecule has 92 valence electrons. The molecule has 2 heteroatoms. The first-order chi connectivity index (χ1) is 8.31. The Balaban J connectivity index is 2.42. The number of para-hydroxylation sites is 1. The van der Waals surface area contributed by atoms with E-state index in [9.17, 15) is 0 Å². The first-order valence-corrected chi connectivity index (χ1v) is 6.61. The molecule has 0 fully saturated rings. The van der Waals surface area contributed by atoms with E-state index in [1.54, 1.807) is 0 Å². The molecule has 0 radical (unpaired) electrons. The third-order valence-electron chi connectivity index (χ3n) is 3.62. The minimum Gasteiger partial charge on any atom is -0.361 e. The summed E-state index contributed by atoms with van der Waals surface area (Å²) in [5.41, 5.74) is 2.68. The first-order valence-electron chi connectivity index (χ1n) is 6.61. The van der Waals surface area contributed by atoms with Gasteiger partial charge in [-0.05, 0) is 31.1 Å². The fourth-order valence-corrected chi connectivity index (χ4v) is 2.71. The second-order valence-corrected chi connectivity index (χ2v) is 4.43. The SMILES string of the molecule is CCC(c1c[nH]c2ccccc12)N(CC)CC. The molecule has 1 aromatic heterocycles. The van der Waals surface area contributed by atoms with Crippen LogP contribution in [-0.4, -0.2) is 23.0 Å². The molecular formula is C15H22N2. The van der Waals surface area contributed by atoms with Gasteiger partial charge in [-0.1, -0.05) is 39.0 Å². The van der Waals surface area contributed by atoms with Crippen LogP contribution in [0.25, 0.3) is 10.9 Å². The van der Waals surface area contributed by atoms with Gasteiger partial charge in [-0.2, -0.15) is 0 Å². The molecule has 0 aliphatic rings. The van der Waals surface area contributed by atoms with Crippen LogP contribution in [0.4, 0.5) is 0 Å². The van der Waals surface area contributed by atoms with Gasteiger partial charge in [0, 0.05) is 23.1 Å². The molecule has 1 N–H and O–H groups in total. The minimum atomic E-state index is 0.529. The number of hydrogen-bond acceptors (Lipinski definition) is 1. The molecule has 1 unspecified atom stereocenters. The van der Waals surface area contributed by atoms with Gasteiger partial charge in [0.05, 0.1) is 0 Å². The van der Waals surface area contributed by atoms with Gasteiger partial charge in [-0.25, -0.2) is 0 Å². The fraction of sp³-hybridized carbons (Fsp3) is 0.467. The van der Waals surface area contributed by atoms with E-state index in [4.69, 9.17) is 0 Å². The number of nitrogens with one attached hydrogen (secondary N) is 1. The summed E-state index contributed by atoms with van der Waals surface area (Å²) in [7, 11) is 0. The molecule has 0 spiro atoms. The van der Waals surface area contributed by atoms with Crippen LogP contribution in [0.15, 0.2) is 30.5 Å². The Bertz CT molecular complexity index is 468. The standard InChI is InChI=1S/C15H22N2/c1-4-15(17(5-2)6-3)13-11-16-14-10-8-7-9-12(13)14/h7-11,15-16H,4-6H2,1-3H3. The summed E-state index contributed by atoms with van der Waals surface area (Å²) in [5.74, 6) is 0. The van der Waals surface area contributed by atoms with Gasteiger partial charge in [0.15, 0.2) is 0 Å². The summed E-state index contributed by atoms with van der Waals surface area (Å²) in [6.45, 7) is 8.95. The highest BCUT2D eigenvalue weighted by Gasteiger charge is 2.18. The molecule has 0 aliphatic carbocycles. The van der Waals surface area contributed by atoms with Gasteiger partial charge < -0.3 is 4.98 Å². The Hall–Kier alpha value is -1.28. The number of aromatic nitrogens is 1. The van der Waals surface area contributed by atoms with Crippen molar-refractivity contribution < 1.29 is 0 Å². The van der Waals surface area contributed by atoms with Crippen LogP contribution in [0.2, 0.25) is 0 Å². The number of rotatable bonds is 5. The molecule has 17 heavy (non-hydrogen) atoms. The molecule has 1 heterocycles. The average molecular weight is 230 g/mol. The lowest BCUT2D eigenvalue weighted by Crippen LogP contribution is -2.27. The van der Waals surface area contributed by atoms with Gasteiger partial charge in [-0.15, -0.1) is 0 Å². The lowest BCUT2D eigenvalue weighted by Gasteiger charge is -2.28. The fourth-order valence-electron chi connectivity index (χ4n) is 2.71. The Morgan fingerprint density at radius 3 is 2.47 bits per heavy atom. The van der Waals surface area contributed by atoms with Gasteiger partial charge in [0.25, 0.3) is 0 Å². The van der Waals surface area contributed by atoms with Crippen LogP contribution in [0.1, 0.15) is 38.8 Å². The molecule has 0 saturated carbocycles. The van der Waals surface area contributed by atoms with Crippen molar-refractivity contribution in [2.24, 2.45) is 0 Å². The average Bonchev–Trinajstić information content (AvgIpc) is 2.79. The van der Waals surface area contributed by atoms with Crippen molar-refractivity contribution >= 4 is 10.9 Å². The molecule has 0 bridgehead atoms. The predicted molar refractivity (Wildman–Crippen MR) is 74.3 cm³/mol. The molecule has 1 aromatic carbocycles. The number of H-pyrrole nitrogens is 1. The highest BCUT2D eigenvalue weighted by atomic mass is 15.1. The van der Waals surface area contributed by atoms with E-state index >= 15 is 0 Å². The molecule has 1 atom stereocenters. The Morgan fingerprint density at radius 1 is 1.12 bits per heavy atom. The molecule has 0 amide bonds. The summed E-state index contributed by atoms with van der Waals surface area (Å²) in [4.78, 5) is 5.90. The zero-order valence-corrected chi connectivity index (χ0v) is 11.0. The smallest absolute Gasteiger partial charge is 0.0457 e. The summed E-state index contributed by atoms with van der Waals surface area (Å²) >= 11 is 0. The molecule has 2 nitrogen and oxygen atoms in total. The molecule has 2 aromatic rings. The van der Waals surface area contributed by atoms with Crippen molar-refractivity contribution in [3.05, 3.63) is 36.0 Å². The first kappa shape index (κ1) is 12.2. The van der Waals surface area contributed by atoms with Crippen LogP contribution in [0, 0.1) is 0 Å². The van der Waals surface area contributed by atoms with E-state index in [1.807, 2.05) is 0 Å². The van der Waals surface area contributed by atoms with Gasteiger partial charge in [-0.3, -0.25) is 4.90 Å². The molecule has 0 aliphatic heterocycles. The minimum absolute atomic E-state index is 0.529. The van der Waals surface area contributed by atoms with E-state index in [0.29, 0.717) is 6.04 Å². The number of aromatic amines is 1. The third-order valence-corrected chi connectivity index (χ3v) is 3.62. The van der Waals surface area contributed by atoms with Crippen molar-refractivity contribution in [1.82, 2.24) is 9.88 Å². The van der Waals surface area contributed by atoms with E-state index in [0.717, 1.165) is 19.5 Å². The van der Waals surface area contributed by atoms with E-state index in [-0.39, 0.29) is 0 Å². The normalized spacial score (nSPS) is 13.4. The zero-order valence-electron chi connectivity index (χ0n) is 11.0. The van der Waals surface area contributed by atoms with Gasteiger partial charge >= 0.3 is 0 Å². The zero-order chi connectivity index (χ0) is 12.3. The van der Waals surface area contributed by atoms with E-state index < -0.39 is 0 Å². The lowest BCUT2D eigenvalue weighted by molar-refractivity contribution is 0.214. The summed E-state index contributed by atoms with van der Waals surface area (Å²) in [6, 6.07) is 9.10. The van der Waals surface area contributed by atoms with Crippen molar-refractivity contribution in [2.75, 3.05) is 13.1 Å². The highest BCUT2D eigenvalue weighted by Crippen LogP contribution is 2.30. The summed E-state index contributed by atoms with van der Waals surface area (Å²) in [6.07, 6.45) is 3.33. The van der Waals surface area contributed by atoms with Gasteiger partial charge in [0.2, 0.25) is 0 Å². The largest absolute Gasteiger partial charge is 0.361 e. The highest BCUT2D eigenvalue weighted by molar-refractivity contribution is 5.83. The third kappa shape index (κ3) is 2.22. The number of hydrogen-bond donors (Lipinski definition) is 1. The topological polar surface area (TPSA) is 19.0 Å². The summed E-state index contributed by atoms with van der Waals surface area (Å²) < 4.78 is 0. The van der Waals surface area contributed by atoms with E-state index in [2.05, 4.69) is 61.1 Å². The molecule has 0 saturated heterocycles. The van der Waals surface area contributed by atoms with Crippen LogP contribution < -0.4 is 0 Å². The second kappa shape index (κ2) is 5.37. The quantitative estimate of drug-likeness (QED) is 0.823. The number of benzene rings is 1. The van der Waals surface area contributed by atoms with Crippen molar-refractivity contribution in [2.45, 2.75) is 33.2 Å². The Labute approximate surface area is 104 Å².